The van der Waals surface area contributed by atoms with Gasteiger partial charge in [-0.15, -0.1) is 0 Å². The van der Waals surface area contributed by atoms with Gasteiger partial charge in [0.25, 0.3) is 0 Å². The number of unbranched alkanes of at least 4 members (excludes halogenated alkanes) is 11. The lowest BCUT2D eigenvalue weighted by molar-refractivity contribution is -0.0730. The molecular weight excluding hydrogens is 356 g/mol. The lowest BCUT2D eigenvalue weighted by Gasteiger charge is -2.20. The number of hydrogen-bond acceptors (Lipinski definition) is 5. The van der Waals surface area contributed by atoms with Crippen molar-refractivity contribution in [3.63, 3.8) is 0 Å². The second kappa shape index (κ2) is 17.4. The fourth-order valence-corrected chi connectivity index (χ4v) is 3.62. The summed E-state index contributed by atoms with van der Waals surface area (Å²) in [5.74, 6) is 0. The number of ether oxygens (including phenoxy) is 2. The molecule has 0 radical (unpaired) electrons. The van der Waals surface area contributed by atoms with Crippen LogP contribution in [0.15, 0.2) is 12.2 Å². The quantitative estimate of drug-likeness (QED) is 0.238. The Morgan fingerprint density at radius 3 is 2.11 bits per heavy atom. The Kier molecular flexibility index (Phi) is 15.9. The highest BCUT2D eigenvalue weighted by molar-refractivity contribution is 4.88. The number of rotatable bonds is 18. The van der Waals surface area contributed by atoms with Crippen molar-refractivity contribution in [2.75, 3.05) is 19.8 Å². The van der Waals surface area contributed by atoms with Crippen LogP contribution in [0.25, 0.3) is 0 Å². The summed E-state index contributed by atoms with van der Waals surface area (Å²) in [6, 6.07) is 0. The van der Waals surface area contributed by atoms with Crippen LogP contribution < -0.4 is 0 Å². The first-order chi connectivity index (χ1) is 13.7. The third kappa shape index (κ3) is 11.5. The summed E-state index contributed by atoms with van der Waals surface area (Å²) >= 11 is 0. The van der Waals surface area contributed by atoms with Crippen molar-refractivity contribution in [1.82, 2.24) is 0 Å². The minimum atomic E-state index is -1.05. The molecule has 0 spiro atoms. The molecule has 1 aliphatic rings. The molecule has 1 saturated heterocycles. The van der Waals surface area contributed by atoms with Crippen molar-refractivity contribution >= 4 is 0 Å². The summed E-state index contributed by atoms with van der Waals surface area (Å²) < 4.78 is 11.0. The normalized spacial score (nSPS) is 23.6. The Morgan fingerprint density at radius 1 is 0.929 bits per heavy atom. The van der Waals surface area contributed by atoms with Gasteiger partial charge in [0.15, 0.2) is 0 Å². The van der Waals surface area contributed by atoms with Crippen LogP contribution in [0.3, 0.4) is 0 Å². The number of aliphatic hydroxyl groups is 3. The van der Waals surface area contributed by atoms with Crippen LogP contribution in [0.2, 0.25) is 0 Å². The molecule has 0 aliphatic carbocycles. The van der Waals surface area contributed by atoms with E-state index in [1.807, 2.05) is 0 Å². The number of aliphatic hydroxyl groups excluding tert-OH is 3. The van der Waals surface area contributed by atoms with Gasteiger partial charge < -0.3 is 24.8 Å². The molecule has 5 nitrogen and oxygen atoms in total. The fraction of sp³-hybridized carbons (Fsp3) is 0.913. The van der Waals surface area contributed by atoms with Gasteiger partial charge in [0.05, 0.1) is 13.2 Å². The lowest BCUT2D eigenvalue weighted by Crippen LogP contribution is -2.41. The summed E-state index contributed by atoms with van der Waals surface area (Å²) in [5.41, 5.74) is 0. The summed E-state index contributed by atoms with van der Waals surface area (Å²) in [6.45, 7) is 2.69. The molecule has 1 aliphatic heterocycles. The average Bonchev–Trinajstić information content (AvgIpc) is 3.07. The van der Waals surface area contributed by atoms with Crippen molar-refractivity contribution < 1.29 is 24.8 Å². The van der Waals surface area contributed by atoms with Crippen LogP contribution in [-0.2, 0) is 9.47 Å². The third-order valence-corrected chi connectivity index (χ3v) is 5.46. The van der Waals surface area contributed by atoms with E-state index in [-0.39, 0.29) is 6.61 Å². The molecule has 1 rings (SSSR count). The molecule has 0 aromatic rings. The molecule has 0 bridgehead atoms. The highest BCUT2D eigenvalue weighted by Crippen LogP contribution is 2.20. The maximum Gasteiger partial charge on any atom is 0.114 e. The standard InChI is InChI=1S/C23H44O5/c1-2-3-4-5-6-7-8-9-10-11-12-13-14-15-16-17-27-21-19-28-23(22(21)26)20(25)18-24/h4-5,20-26H,2-3,6-19H2,1H3/b5-4+/t20-,21+,22-,23-/m1/s1. The van der Waals surface area contributed by atoms with Gasteiger partial charge >= 0.3 is 0 Å². The molecule has 166 valence electrons. The second-order valence-electron chi connectivity index (χ2n) is 8.03. The number of hydrogen-bond donors (Lipinski definition) is 3. The minimum absolute atomic E-state index is 0.276. The fourth-order valence-electron chi connectivity index (χ4n) is 3.62. The van der Waals surface area contributed by atoms with Gasteiger partial charge in [-0.05, 0) is 25.7 Å². The Morgan fingerprint density at radius 2 is 1.50 bits per heavy atom. The zero-order valence-corrected chi connectivity index (χ0v) is 17.9. The summed E-state index contributed by atoms with van der Waals surface area (Å²) in [5, 5.41) is 28.6. The molecule has 5 heteroatoms. The summed E-state index contributed by atoms with van der Waals surface area (Å²) in [4.78, 5) is 0. The van der Waals surface area contributed by atoms with Crippen molar-refractivity contribution in [3.8, 4) is 0 Å². The van der Waals surface area contributed by atoms with Gasteiger partial charge in [0.2, 0.25) is 0 Å². The van der Waals surface area contributed by atoms with Crippen LogP contribution in [0, 0.1) is 0 Å². The van der Waals surface area contributed by atoms with Gasteiger partial charge in [0.1, 0.15) is 24.4 Å². The van der Waals surface area contributed by atoms with E-state index in [1.54, 1.807) is 0 Å². The Balaban J connectivity index is 1.82. The van der Waals surface area contributed by atoms with E-state index in [2.05, 4.69) is 19.1 Å². The van der Waals surface area contributed by atoms with Gasteiger partial charge in [0, 0.05) is 6.61 Å². The molecule has 0 amide bonds. The van der Waals surface area contributed by atoms with Crippen molar-refractivity contribution in [2.24, 2.45) is 0 Å². The first-order valence-electron chi connectivity index (χ1n) is 11.6. The SMILES string of the molecule is CCC/C=C/CCCCCCCCCCCCO[C@H]1CO[C@H]([C@H](O)CO)[C@@H]1O. The van der Waals surface area contributed by atoms with E-state index in [4.69, 9.17) is 14.6 Å². The molecule has 1 heterocycles. The third-order valence-electron chi connectivity index (χ3n) is 5.46. The largest absolute Gasteiger partial charge is 0.394 e. The zero-order valence-electron chi connectivity index (χ0n) is 17.9. The van der Waals surface area contributed by atoms with Crippen LogP contribution in [0.4, 0.5) is 0 Å². The Bertz CT molecular complexity index is 374. The summed E-state index contributed by atoms with van der Waals surface area (Å²) in [6.07, 6.45) is 18.1. The van der Waals surface area contributed by atoms with Gasteiger partial charge in [-0.2, -0.15) is 0 Å². The van der Waals surface area contributed by atoms with Crippen LogP contribution in [0.1, 0.15) is 90.4 Å². The predicted molar refractivity (Wildman–Crippen MR) is 113 cm³/mol. The topological polar surface area (TPSA) is 79.2 Å². The van der Waals surface area contributed by atoms with Crippen LogP contribution in [0.5, 0.6) is 0 Å². The maximum absolute atomic E-state index is 10.1. The molecule has 0 saturated carbocycles. The molecular formula is C23H44O5. The number of allylic oxidation sites excluding steroid dienone is 2. The average molecular weight is 401 g/mol. The van der Waals surface area contributed by atoms with E-state index < -0.39 is 31.0 Å². The Hall–Kier alpha value is -0.460. The van der Waals surface area contributed by atoms with Gasteiger partial charge in [-0.25, -0.2) is 0 Å². The molecule has 1 fully saturated rings. The van der Waals surface area contributed by atoms with Crippen molar-refractivity contribution in [3.05, 3.63) is 12.2 Å². The van der Waals surface area contributed by atoms with E-state index in [0.717, 1.165) is 12.8 Å². The molecule has 3 N–H and O–H groups in total. The predicted octanol–water partition coefficient (Wildman–Crippen LogP) is 4.13. The van der Waals surface area contributed by atoms with Crippen LogP contribution >= 0.6 is 0 Å². The maximum atomic E-state index is 10.1. The molecule has 0 aromatic carbocycles. The minimum Gasteiger partial charge on any atom is -0.394 e. The van der Waals surface area contributed by atoms with E-state index in [0.29, 0.717) is 6.61 Å². The monoisotopic (exact) mass is 400 g/mol. The zero-order chi connectivity index (χ0) is 20.5. The van der Waals surface area contributed by atoms with Crippen LogP contribution in [-0.4, -0.2) is 59.6 Å². The van der Waals surface area contributed by atoms with E-state index in [1.165, 1.54) is 70.6 Å². The highest BCUT2D eigenvalue weighted by Gasteiger charge is 2.40. The molecule has 0 unspecified atom stereocenters. The van der Waals surface area contributed by atoms with Crippen molar-refractivity contribution in [1.29, 1.82) is 0 Å². The van der Waals surface area contributed by atoms with Crippen molar-refractivity contribution in [2.45, 2.75) is 115 Å². The molecule has 28 heavy (non-hydrogen) atoms. The molecule has 4 atom stereocenters. The van der Waals surface area contributed by atoms with Gasteiger partial charge in [-0.3, -0.25) is 0 Å². The van der Waals surface area contributed by atoms with E-state index in [9.17, 15) is 10.2 Å². The first kappa shape index (κ1) is 25.6. The Labute approximate surface area is 172 Å². The van der Waals surface area contributed by atoms with E-state index >= 15 is 0 Å². The lowest BCUT2D eigenvalue weighted by atomic mass is 10.1. The molecule has 0 aromatic heterocycles. The first-order valence-corrected chi connectivity index (χ1v) is 11.6. The second-order valence-corrected chi connectivity index (χ2v) is 8.03. The highest BCUT2D eigenvalue weighted by atomic mass is 16.6. The smallest absolute Gasteiger partial charge is 0.114 e. The van der Waals surface area contributed by atoms with Gasteiger partial charge in [-0.1, -0.05) is 76.9 Å². The summed E-state index contributed by atoms with van der Waals surface area (Å²) in [7, 11) is 0.